The third-order valence-electron chi connectivity index (χ3n) is 7.15. The summed E-state index contributed by atoms with van der Waals surface area (Å²) in [5.41, 5.74) is 2.41. The number of amides is 1. The minimum absolute atomic E-state index is 0.0195. The second-order valence-corrected chi connectivity index (χ2v) is 10.2. The van der Waals surface area contributed by atoms with E-state index >= 15 is 0 Å². The highest BCUT2D eigenvalue weighted by Crippen LogP contribution is 2.33. The molecule has 0 saturated heterocycles. The van der Waals surface area contributed by atoms with Crippen molar-refractivity contribution in [1.82, 2.24) is 19.7 Å². The molecule has 1 fully saturated rings. The molecule has 1 aromatic carbocycles. The van der Waals surface area contributed by atoms with Gasteiger partial charge in [0.2, 0.25) is 11.6 Å². The molecule has 5 rings (SSSR count). The number of nitrogens with zero attached hydrogens (tertiary/aromatic N) is 5. The molecule has 0 bridgehead atoms. The predicted molar refractivity (Wildman–Crippen MR) is 144 cm³/mol. The third kappa shape index (κ3) is 5.05. The first-order valence-corrected chi connectivity index (χ1v) is 13.3. The molecule has 9 heteroatoms. The fourth-order valence-corrected chi connectivity index (χ4v) is 5.04. The van der Waals surface area contributed by atoms with Crippen LogP contribution in [0.1, 0.15) is 63.7 Å². The van der Waals surface area contributed by atoms with Crippen LogP contribution in [0.25, 0.3) is 28.1 Å². The van der Waals surface area contributed by atoms with Crippen LogP contribution in [-0.2, 0) is 9.53 Å². The SMILES string of the molecule is CCOC(=O)c1cn(-c2ccc(-c3cc4cncnc4o3)cc2)nc1N(C(=O)[C@H]1CC[C@H](C)CC1)C(C)C. The molecule has 1 saturated carbocycles. The van der Waals surface area contributed by atoms with Gasteiger partial charge in [0.15, 0.2) is 5.82 Å². The minimum Gasteiger partial charge on any atom is -0.462 e. The normalized spacial score (nSPS) is 17.6. The van der Waals surface area contributed by atoms with E-state index in [0.717, 1.165) is 42.3 Å². The summed E-state index contributed by atoms with van der Waals surface area (Å²) in [4.78, 5) is 36.5. The van der Waals surface area contributed by atoms with Crippen LogP contribution < -0.4 is 4.90 Å². The standard InChI is InChI=1S/C29H33N5O4/c1-5-37-29(36)24-16-33(32-26(24)34(18(2)3)28(35)21-8-6-19(4)7-9-21)23-12-10-20(11-13-23)25-14-22-15-30-17-31-27(22)38-25/h10-19,21H,5-9H2,1-4H3/t19-,21-. The first-order chi connectivity index (χ1) is 18.4. The van der Waals surface area contributed by atoms with Gasteiger partial charge in [0.1, 0.15) is 17.7 Å². The summed E-state index contributed by atoms with van der Waals surface area (Å²) in [6.07, 6.45) is 8.58. The van der Waals surface area contributed by atoms with E-state index in [4.69, 9.17) is 14.3 Å². The number of rotatable bonds is 7. The highest BCUT2D eigenvalue weighted by atomic mass is 16.5. The lowest BCUT2D eigenvalue weighted by Gasteiger charge is -2.32. The monoisotopic (exact) mass is 515 g/mol. The maximum Gasteiger partial charge on any atom is 0.343 e. The number of ether oxygens (including phenoxy) is 1. The van der Waals surface area contributed by atoms with E-state index in [1.807, 2.05) is 44.2 Å². The molecule has 0 N–H and O–H groups in total. The summed E-state index contributed by atoms with van der Waals surface area (Å²) in [7, 11) is 0. The predicted octanol–water partition coefficient (Wildman–Crippen LogP) is 5.82. The van der Waals surface area contributed by atoms with Crippen LogP contribution in [0.4, 0.5) is 5.82 Å². The van der Waals surface area contributed by atoms with Crippen LogP contribution in [-0.4, -0.2) is 44.3 Å². The molecule has 0 spiro atoms. The minimum atomic E-state index is -0.496. The van der Waals surface area contributed by atoms with Gasteiger partial charge in [0.05, 0.1) is 17.7 Å². The first-order valence-electron chi connectivity index (χ1n) is 13.3. The molecule has 0 radical (unpaired) electrons. The Kier molecular flexibility index (Phi) is 7.26. The Morgan fingerprint density at radius 2 is 1.89 bits per heavy atom. The van der Waals surface area contributed by atoms with E-state index in [1.165, 1.54) is 6.33 Å². The van der Waals surface area contributed by atoms with Crippen molar-refractivity contribution in [1.29, 1.82) is 0 Å². The van der Waals surface area contributed by atoms with E-state index in [0.29, 0.717) is 23.2 Å². The number of furan rings is 1. The summed E-state index contributed by atoms with van der Waals surface area (Å²) < 4.78 is 12.8. The molecule has 0 atom stereocenters. The summed E-state index contributed by atoms with van der Waals surface area (Å²) in [6.45, 7) is 8.12. The average molecular weight is 516 g/mol. The lowest BCUT2D eigenvalue weighted by atomic mass is 9.82. The van der Waals surface area contributed by atoms with Crippen LogP contribution in [0, 0.1) is 11.8 Å². The zero-order valence-electron chi connectivity index (χ0n) is 22.3. The van der Waals surface area contributed by atoms with Gasteiger partial charge in [-0.25, -0.2) is 19.4 Å². The van der Waals surface area contributed by atoms with E-state index < -0.39 is 5.97 Å². The van der Waals surface area contributed by atoms with Crippen LogP contribution in [0.2, 0.25) is 0 Å². The smallest absolute Gasteiger partial charge is 0.343 e. The largest absolute Gasteiger partial charge is 0.462 e. The van der Waals surface area contributed by atoms with Crippen molar-refractivity contribution in [3.8, 4) is 17.0 Å². The number of hydrogen-bond acceptors (Lipinski definition) is 7. The average Bonchev–Trinajstić information content (AvgIpc) is 3.54. The van der Waals surface area contributed by atoms with E-state index in [2.05, 4.69) is 16.9 Å². The quantitative estimate of drug-likeness (QED) is 0.286. The van der Waals surface area contributed by atoms with Gasteiger partial charge in [-0.15, -0.1) is 5.10 Å². The van der Waals surface area contributed by atoms with Crippen LogP contribution in [0.3, 0.4) is 0 Å². The summed E-state index contributed by atoms with van der Waals surface area (Å²) in [5, 5.41) is 5.58. The molecule has 9 nitrogen and oxygen atoms in total. The Balaban J connectivity index is 1.48. The Hall–Kier alpha value is -4.01. The molecule has 198 valence electrons. The van der Waals surface area contributed by atoms with Gasteiger partial charge in [0.25, 0.3) is 0 Å². The van der Waals surface area contributed by atoms with Crippen LogP contribution in [0.15, 0.2) is 53.5 Å². The molecule has 38 heavy (non-hydrogen) atoms. The second-order valence-electron chi connectivity index (χ2n) is 10.2. The van der Waals surface area contributed by atoms with E-state index in [9.17, 15) is 9.59 Å². The molecule has 4 aromatic rings. The lowest BCUT2D eigenvalue weighted by Crippen LogP contribution is -2.43. The third-order valence-corrected chi connectivity index (χ3v) is 7.15. The van der Waals surface area contributed by atoms with Crippen molar-refractivity contribution in [2.45, 2.75) is 59.4 Å². The molecule has 1 amide bonds. The number of carbonyl (C=O) groups excluding carboxylic acids is 2. The van der Waals surface area contributed by atoms with Crippen molar-refractivity contribution < 1.29 is 18.7 Å². The van der Waals surface area contributed by atoms with Crippen molar-refractivity contribution in [2.75, 3.05) is 11.5 Å². The number of benzene rings is 1. The van der Waals surface area contributed by atoms with E-state index in [1.54, 1.807) is 28.9 Å². The van der Waals surface area contributed by atoms with Crippen LogP contribution >= 0.6 is 0 Å². The lowest BCUT2D eigenvalue weighted by molar-refractivity contribution is -0.124. The number of carbonyl (C=O) groups is 2. The summed E-state index contributed by atoms with van der Waals surface area (Å²) in [6, 6.07) is 9.35. The van der Waals surface area contributed by atoms with Gasteiger partial charge in [-0.1, -0.05) is 6.92 Å². The molecule has 0 aliphatic heterocycles. The van der Waals surface area contributed by atoms with Gasteiger partial charge in [-0.2, -0.15) is 0 Å². The van der Waals surface area contributed by atoms with Crippen molar-refractivity contribution in [3.63, 3.8) is 0 Å². The molecular formula is C29H33N5O4. The zero-order chi connectivity index (χ0) is 26.8. The Morgan fingerprint density at radius 3 is 2.55 bits per heavy atom. The molecule has 3 heterocycles. The molecule has 1 aliphatic carbocycles. The summed E-state index contributed by atoms with van der Waals surface area (Å²) in [5.74, 6) is 1.11. The summed E-state index contributed by atoms with van der Waals surface area (Å²) >= 11 is 0. The van der Waals surface area contributed by atoms with Gasteiger partial charge < -0.3 is 9.15 Å². The van der Waals surface area contributed by atoms with Gasteiger partial charge in [0, 0.05) is 29.9 Å². The van der Waals surface area contributed by atoms with Gasteiger partial charge in [-0.05, 0) is 82.7 Å². The van der Waals surface area contributed by atoms with Crippen molar-refractivity contribution in [2.24, 2.45) is 11.8 Å². The van der Waals surface area contributed by atoms with Crippen molar-refractivity contribution >= 4 is 28.8 Å². The van der Waals surface area contributed by atoms with Gasteiger partial charge in [-0.3, -0.25) is 9.69 Å². The molecule has 0 unspecified atom stereocenters. The number of hydrogen-bond donors (Lipinski definition) is 0. The maximum absolute atomic E-state index is 13.7. The van der Waals surface area contributed by atoms with Gasteiger partial charge >= 0.3 is 5.97 Å². The molecule has 3 aromatic heterocycles. The number of esters is 1. The second kappa shape index (κ2) is 10.8. The Labute approximate surface area is 221 Å². The zero-order valence-corrected chi connectivity index (χ0v) is 22.3. The molecular weight excluding hydrogens is 482 g/mol. The molecule has 1 aliphatic rings. The highest BCUT2D eigenvalue weighted by molar-refractivity contribution is 6.02. The topological polar surface area (TPSA) is 103 Å². The fraction of sp³-hybridized carbons (Fsp3) is 0.414. The highest BCUT2D eigenvalue weighted by Gasteiger charge is 2.34. The van der Waals surface area contributed by atoms with Crippen LogP contribution in [0.5, 0.6) is 0 Å². The van der Waals surface area contributed by atoms with Crippen molar-refractivity contribution in [3.05, 3.63) is 54.6 Å². The van der Waals surface area contributed by atoms with E-state index in [-0.39, 0.29) is 30.0 Å². The first kappa shape index (κ1) is 25.6. The number of anilines is 1. The fourth-order valence-electron chi connectivity index (χ4n) is 5.04. The number of fused-ring (bicyclic) bond motifs is 1. The Morgan fingerprint density at radius 1 is 1.16 bits per heavy atom. The number of aromatic nitrogens is 4. The Bertz CT molecular complexity index is 1400. The maximum atomic E-state index is 13.7.